The SMILES string of the molecule is COc1ccc(C(C)N(C)C(=O)/C=C/c2c(C)nn(C)c2Cl)cc1. The lowest BCUT2D eigenvalue weighted by Crippen LogP contribution is -2.27. The lowest BCUT2D eigenvalue weighted by molar-refractivity contribution is -0.126. The molecule has 0 aliphatic carbocycles. The van der Waals surface area contributed by atoms with Crippen LogP contribution in [0.4, 0.5) is 0 Å². The van der Waals surface area contributed by atoms with E-state index in [0.717, 1.165) is 22.6 Å². The summed E-state index contributed by atoms with van der Waals surface area (Å²) >= 11 is 6.18. The number of carbonyl (C=O) groups excluding carboxylic acids is 1. The number of hydrogen-bond donors (Lipinski definition) is 0. The smallest absolute Gasteiger partial charge is 0.246 e. The van der Waals surface area contributed by atoms with Gasteiger partial charge in [-0.25, -0.2) is 0 Å². The van der Waals surface area contributed by atoms with Crippen molar-refractivity contribution in [2.24, 2.45) is 7.05 Å². The lowest BCUT2D eigenvalue weighted by Gasteiger charge is -2.24. The average molecular weight is 348 g/mol. The van der Waals surface area contributed by atoms with Crippen molar-refractivity contribution in [3.63, 3.8) is 0 Å². The van der Waals surface area contributed by atoms with Crippen molar-refractivity contribution in [3.05, 3.63) is 52.3 Å². The maximum Gasteiger partial charge on any atom is 0.246 e. The molecule has 1 unspecified atom stereocenters. The number of rotatable bonds is 5. The summed E-state index contributed by atoms with van der Waals surface area (Å²) in [5.41, 5.74) is 2.59. The third-order valence-corrected chi connectivity index (χ3v) is 4.56. The fraction of sp³-hybridized carbons (Fsp3) is 0.333. The number of aromatic nitrogens is 2. The first-order valence-corrected chi connectivity index (χ1v) is 8.00. The van der Waals surface area contributed by atoms with Crippen molar-refractivity contribution in [1.29, 1.82) is 0 Å². The molecule has 0 spiro atoms. The van der Waals surface area contributed by atoms with Crippen LogP contribution in [0.2, 0.25) is 5.15 Å². The molecule has 0 radical (unpaired) electrons. The monoisotopic (exact) mass is 347 g/mol. The third-order valence-electron chi connectivity index (χ3n) is 4.12. The van der Waals surface area contributed by atoms with Crippen molar-refractivity contribution in [1.82, 2.24) is 14.7 Å². The Morgan fingerprint density at radius 3 is 2.50 bits per heavy atom. The number of likely N-dealkylation sites (N-methyl/N-ethyl adjacent to an activating group) is 1. The van der Waals surface area contributed by atoms with E-state index < -0.39 is 0 Å². The number of ether oxygens (including phenoxy) is 1. The molecular weight excluding hydrogens is 326 g/mol. The van der Waals surface area contributed by atoms with Gasteiger partial charge < -0.3 is 9.64 Å². The molecular formula is C18H22ClN3O2. The largest absolute Gasteiger partial charge is 0.497 e. The molecule has 1 atom stereocenters. The van der Waals surface area contributed by atoms with E-state index in [2.05, 4.69) is 5.10 Å². The highest BCUT2D eigenvalue weighted by atomic mass is 35.5. The summed E-state index contributed by atoms with van der Waals surface area (Å²) in [6.07, 6.45) is 3.24. The van der Waals surface area contributed by atoms with Crippen LogP contribution < -0.4 is 4.74 Å². The number of amides is 1. The molecule has 1 amide bonds. The van der Waals surface area contributed by atoms with Crippen molar-refractivity contribution >= 4 is 23.6 Å². The van der Waals surface area contributed by atoms with Gasteiger partial charge in [-0.1, -0.05) is 23.7 Å². The van der Waals surface area contributed by atoms with E-state index >= 15 is 0 Å². The fourth-order valence-electron chi connectivity index (χ4n) is 2.40. The lowest BCUT2D eigenvalue weighted by atomic mass is 10.1. The zero-order chi connectivity index (χ0) is 17.9. The Labute approximate surface area is 147 Å². The molecule has 1 aromatic heterocycles. The molecule has 0 fully saturated rings. The highest BCUT2D eigenvalue weighted by molar-refractivity contribution is 6.31. The fourth-order valence-corrected chi connectivity index (χ4v) is 2.64. The number of nitrogens with zero attached hydrogens (tertiary/aromatic N) is 3. The summed E-state index contributed by atoms with van der Waals surface area (Å²) < 4.78 is 6.74. The molecule has 1 aromatic carbocycles. The van der Waals surface area contributed by atoms with E-state index in [-0.39, 0.29) is 11.9 Å². The summed E-state index contributed by atoms with van der Waals surface area (Å²) in [4.78, 5) is 14.1. The Morgan fingerprint density at radius 2 is 2.00 bits per heavy atom. The van der Waals surface area contributed by atoms with Crippen LogP contribution in [0.25, 0.3) is 6.08 Å². The first-order valence-electron chi connectivity index (χ1n) is 7.63. The van der Waals surface area contributed by atoms with E-state index in [4.69, 9.17) is 16.3 Å². The minimum Gasteiger partial charge on any atom is -0.497 e. The molecule has 0 saturated carbocycles. The van der Waals surface area contributed by atoms with Gasteiger partial charge in [-0.05, 0) is 37.6 Å². The summed E-state index contributed by atoms with van der Waals surface area (Å²) in [6.45, 7) is 3.84. The van der Waals surface area contributed by atoms with Crippen LogP contribution in [0.3, 0.4) is 0 Å². The number of hydrogen-bond acceptors (Lipinski definition) is 3. The standard InChI is InChI=1S/C18H22ClN3O2/c1-12-16(18(19)22(4)20-12)10-11-17(23)21(3)13(2)14-6-8-15(24-5)9-7-14/h6-11,13H,1-5H3/b11-10+. The Kier molecular flexibility index (Phi) is 5.67. The molecule has 0 aliphatic rings. The van der Waals surface area contributed by atoms with E-state index in [1.165, 1.54) is 6.08 Å². The van der Waals surface area contributed by atoms with Crippen molar-refractivity contribution in [2.45, 2.75) is 19.9 Å². The Hall–Kier alpha value is -2.27. The van der Waals surface area contributed by atoms with Crippen molar-refractivity contribution in [3.8, 4) is 5.75 Å². The topological polar surface area (TPSA) is 47.4 Å². The number of halogens is 1. The summed E-state index contributed by atoms with van der Waals surface area (Å²) in [7, 11) is 5.18. The first-order chi connectivity index (χ1) is 11.3. The van der Waals surface area contributed by atoms with Gasteiger partial charge in [0, 0.05) is 25.7 Å². The van der Waals surface area contributed by atoms with Gasteiger partial charge in [0.1, 0.15) is 10.9 Å². The number of carbonyl (C=O) groups is 1. The van der Waals surface area contributed by atoms with Crippen LogP contribution >= 0.6 is 11.6 Å². The van der Waals surface area contributed by atoms with E-state index in [1.807, 2.05) is 38.1 Å². The van der Waals surface area contributed by atoms with Crippen LogP contribution in [0, 0.1) is 6.92 Å². The van der Waals surface area contributed by atoms with E-state index in [9.17, 15) is 4.79 Å². The molecule has 128 valence electrons. The maximum absolute atomic E-state index is 12.4. The van der Waals surface area contributed by atoms with Gasteiger partial charge in [0.25, 0.3) is 0 Å². The average Bonchev–Trinajstić information content (AvgIpc) is 2.83. The Bertz CT molecular complexity index is 750. The van der Waals surface area contributed by atoms with Gasteiger partial charge in [-0.2, -0.15) is 5.10 Å². The van der Waals surface area contributed by atoms with Gasteiger partial charge in [0.05, 0.1) is 18.8 Å². The highest BCUT2D eigenvalue weighted by Gasteiger charge is 2.16. The Morgan fingerprint density at radius 1 is 1.38 bits per heavy atom. The molecule has 0 N–H and O–H groups in total. The van der Waals surface area contributed by atoms with Gasteiger partial charge in [0.15, 0.2) is 0 Å². The molecule has 2 aromatic rings. The quantitative estimate of drug-likeness (QED) is 0.776. The minimum atomic E-state index is -0.0994. The molecule has 1 heterocycles. The van der Waals surface area contributed by atoms with Gasteiger partial charge >= 0.3 is 0 Å². The maximum atomic E-state index is 12.4. The molecule has 0 bridgehead atoms. The number of aryl methyl sites for hydroxylation is 2. The highest BCUT2D eigenvalue weighted by Crippen LogP contribution is 2.23. The third kappa shape index (κ3) is 3.79. The van der Waals surface area contributed by atoms with Gasteiger partial charge in [0.2, 0.25) is 5.91 Å². The second-order valence-electron chi connectivity index (χ2n) is 5.65. The predicted molar refractivity (Wildman–Crippen MR) is 96.2 cm³/mol. The van der Waals surface area contributed by atoms with Crippen LogP contribution in [0.5, 0.6) is 5.75 Å². The summed E-state index contributed by atoms with van der Waals surface area (Å²) in [5, 5.41) is 4.75. The minimum absolute atomic E-state index is 0.0569. The second-order valence-corrected chi connectivity index (χ2v) is 6.00. The van der Waals surface area contributed by atoms with Gasteiger partial charge in [-0.15, -0.1) is 0 Å². The van der Waals surface area contributed by atoms with Crippen LogP contribution in [-0.2, 0) is 11.8 Å². The number of benzene rings is 1. The van der Waals surface area contributed by atoms with Crippen LogP contribution in [0.15, 0.2) is 30.3 Å². The molecule has 2 rings (SSSR count). The Balaban J connectivity index is 2.11. The zero-order valence-corrected chi connectivity index (χ0v) is 15.3. The molecule has 5 nitrogen and oxygen atoms in total. The zero-order valence-electron chi connectivity index (χ0n) is 14.6. The summed E-state index contributed by atoms with van der Waals surface area (Å²) in [5.74, 6) is 0.694. The van der Waals surface area contributed by atoms with Crippen molar-refractivity contribution in [2.75, 3.05) is 14.2 Å². The molecule has 6 heteroatoms. The number of methoxy groups -OCH3 is 1. The molecule has 0 aliphatic heterocycles. The van der Waals surface area contributed by atoms with Crippen molar-refractivity contribution < 1.29 is 9.53 Å². The first kappa shape index (κ1) is 18.1. The van der Waals surface area contributed by atoms with E-state index in [0.29, 0.717) is 5.15 Å². The molecule has 0 saturated heterocycles. The van der Waals surface area contributed by atoms with Crippen LogP contribution in [-0.4, -0.2) is 34.7 Å². The predicted octanol–water partition coefficient (Wildman–Crippen LogP) is 3.62. The molecule has 24 heavy (non-hydrogen) atoms. The summed E-state index contributed by atoms with van der Waals surface area (Å²) in [6, 6.07) is 7.63. The van der Waals surface area contributed by atoms with Gasteiger partial charge in [-0.3, -0.25) is 9.48 Å². The van der Waals surface area contributed by atoms with E-state index in [1.54, 1.807) is 36.9 Å². The second kappa shape index (κ2) is 7.53. The van der Waals surface area contributed by atoms with Crippen LogP contribution in [0.1, 0.15) is 29.8 Å². The normalized spacial score (nSPS) is 12.4.